The molecule has 0 saturated heterocycles. The molecule has 0 unspecified atom stereocenters. The number of benzene rings is 1. The van der Waals surface area contributed by atoms with E-state index in [1.54, 1.807) is 6.92 Å². The van der Waals surface area contributed by atoms with Crippen LogP contribution in [0.15, 0.2) is 42.6 Å². The van der Waals surface area contributed by atoms with Crippen LogP contribution in [0.4, 0.5) is 0 Å². The first-order chi connectivity index (χ1) is 8.68. The van der Waals surface area contributed by atoms with Crippen molar-refractivity contribution in [1.82, 2.24) is 4.98 Å². The predicted molar refractivity (Wildman–Crippen MR) is 66.7 cm³/mol. The first-order valence-corrected chi connectivity index (χ1v) is 5.54. The molecule has 0 saturated carbocycles. The van der Waals surface area contributed by atoms with Crippen LogP contribution in [-0.2, 0) is 6.61 Å². The third-order valence-electron chi connectivity index (χ3n) is 2.54. The number of aromatic nitrogens is 1. The molecule has 0 amide bonds. The minimum absolute atomic E-state index is 0.137. The van der Waals surface area contributed by atoms with Gasteiger partial charge in [0.1, 0.15) is 12.2 Å². The lowest BCUT2D eigenvalue weighted by atomic mass is 10.2. The average molecular weight is 243 g/mol. The first-order valence-electron chi connectivity index (χ1n) is 5.54. The molecule has 4 heteroatoms. The Hall–Kier alpha value is -2.36. The number of carboxylic acid groups (broad SMARTS) is 1. The van der Waals surface area contributed by atoms with Gasteiger partial charge in [0.2, 0.25) is 0 Å². The SMILES string of the molecule is Cc1nccc(C(=O)O)c1OCc1ccccc1. The minimum Gasteiger partial charge on any atom is -0.486 e. The maximum atomic E-state index is 11.1. The number of aryl methyl sites for hydroxylation is 1. The van der Waals surface area contributed by atoms with E-state index in [0.717, 1.165) is 5.56 Å². The molecule has 0 aliphatic carbocycles. The van der Waals surface area contributed by atoms with Crippen molar-refractivity contribution in [2.24, 2.45) is 0 Å². The van der Waals surface area contributed by atoms with E-state index in [2.05, 4.69) is 4.98 Å². The van der Waals surface area contributed by atoms with Gasteiger partial charge in [-0.2, -0.15) is 0 Å². The number of ether oxygens (including phenoxy) is 1. The Morgan fingerprint density at radius 3 is 2.67 bits per heavy atom. The van der Waals surface area contributed by atoms with E-state index in [9.17, 15) is 4.79 Å². The van der Waals surface area contributed by atoms with Gasteiger partial charge in [0.05, 0.1) is 5.69 Å². The number of carboxylic acids is 1. The maximum absolute atomic E-state index is 11.1. The van der Waals surface area contributed by atoms with Crippen LogP contribution < -0.4 is 4.74 Å². The molecular weight excluding hydrogens is 230 g/mol. The molecule has 1 N–H and O–H groups in total. The van der Waals surface area contributed by atoms with Gasteiger partial charge in [-0.05, 0) is 18.6 Å². The second-order valence-corrected chi connectivity index (χ2v) is 3.85. The van der Waals surface area contributed by atoms with Crippen molar-refractivity contribution in [3.8, 4) is 5.75 Å². The average Bonchev–Trinajstić information content (AvgIpc) is 2.38. The quantitative estimate of drug-likeness (QED) is 0.896. The van der Waals surface area contributed by atoms with E-state index in [1.165, 1.54) is 12.3 Å². The number of nitrogens with zero attached hydrogens (tertiary/aromatic N) is 1. The molecule has 4 nitrogen and oxygen atoms in total. The summed E-state index contributed by atoms with van der Waals surface area (Å²) in [6, 6.07) is 11.0. The molecule has 0 radical (unpaired) electrons. The van der Waals surface area contributed by atoms with Crippen molar-refractivity contribution in [2.75, 3.05) is 0 Å². The highest BCUT2D eigenvalue weighted by Crippen LogP contribution is 2.22. The van der Waals surface area contributed by atoms with Crippen molar-refractivity contribution in [2.45, 2.75) is 13.5 Å². The van der Waals surface area contributed by atoms with Crippen LogP contribution in [0.1, 0.15) is 21.6 Å². The van der Waals surface area contributed by atoms with Crippen LogP contribution in [0.2, 0.25) is 0 Å². The number of hydrogen-bond donors (Lipinski definition) is 1. The van der Waals surface area contributed by atoms with Gasteiger partial charge in [0.15, 0.2) is 5.75 Å². The molecule has 18 heavy (non-hydrogen) atoms. The van der Waals surface area contributed by atoms with E-state index in [4.69, 9.17) is 9.84 Å². The lowest BCUT2D eigenvalue weighted by molar-refractivity contribution is 0.0691. The Morgan fingerprint density at radius 1 is 1.28 bits per heavy atom. The van der Waals surface area contributed by atoms with E-state index in [0.29, 0.717) is 18.1 Å². The third-order valence-corrected chi connectivity index (χ3v) is 2.54. The lowest BCUT2D eigenvalue weighted by Gasteiger charge is -2.11. The zero-order chi connectivity index (χ0) is 13.0. The third kappa shape index (κ3) is 2.66. The molecule has 1 aromatic carbocycles. The van der Waals surface area contributed by atoms with Crippen LogP contribution in [0.3, 0.4) is 0 Å². The van der Waals surface area contributed by atoms with Crippen LogP contribution in [0.5, 0.6) is 5.75 Å². The zero-order valence-electron chi connectivity index (χ0n) is 9.96. The fourth-order valence-corrected chi connectivity index (χ4v) is 1.63. The van der Waals surface area contributed by atoms with Gasteiger partial charge in [-0.1, -0.05) is 30.3 Å². The topological polar surface area (TPSA) is 59.4 Å². The maximum Gasteiger partial charge on any atom is 0.339 e. The number of hydrogen-bond acceptors (Lipinski definition) is 3. The smallest absolute Gasteiger partial charge is 0.339 e. The van der Waals surface area contributed by atoms with E-state index >= 15 is 0 Å². The van der Waals surface area contributed by atoms with Gasteiger partial charge in [0.25, 0.3) is 0 Å². The van der Waals surface area contributed by atoms with Gasteiger partial charge >= 0.3 is 5.97 Å². The summed E-state index contributed by atoms with van der Waals surface area (Å²) in [7, 11) is 0. The van der Waals surface area contributed by atoms with Gasteiger partial charge in [0, 0.05) is 6.20 Å². The number of carbonyl (C=O) groups is 1. The minimum atomic E-state index is -1.01. The summed E-state index contributed by atoms with van der Waals surface area (Å²) in [5.74, 6) is -0.683. The largest absolute Gasteiger partial charge is 0.486 e. The molecule has 0 aliphatic heterocycles. The predicted octanol–water partition coefficient (Wildman–Crippen LogP) is 2.67. The van der Waals surface area contributed by atoms with Crippen LogP contribution >= 0.6 is 0 Å². The number of aromatic carboxylic acids is 1. The Morgan fingerprint density at radius 2 is 2.00 bits per heavy atom. The van der Waals surface area contributed by atoms with E-state index in [-0.39, 0.29) is 5.56 Å². The molecule has 0 atom stereocenters. The second kappa shape index (κ2) is 5.31. The molecular formula is C14H13NO3. The highest BCUT2D eigenvalue weighted by Gasteiger charge is 2.14. The summed E-state index contributed by atoms with van der Waals surface area (Å²) in [6.45, 7) is 2.06. The zero-order valence-corrected chi connectivity index (χ0v) is 9.96. The van der Waals surface area contributed by atoms with Crippen molar-refractivity contribution >= 4 is 5.97 Å². The summed E-state index contributed by atoms with van der Waals surface area (Å²) in [4.78, 5) is 15.1. The number of rotatable bonds is 4. The van der Waals surface area contributed by atoms with Crippen LogP contribution in [0.25, 0.3) is 0 Å². The van der Waals surface area contributed by atoms with Gasteiger partial charge in [-0.3, -0.25) is 4.98 Å². The molecule has 1 heterocycles. The molecule has 0 fully saturated rings. The second-order valence-electron chi connectivity index (χ2n) is 3.85. The lowest BCUT2D eigenvalue weighted by Crippen LogP contribution is -2.06. The fraction of sp³-hybridized carbons (Fsp3) is 0.143. The molecule has 1 aromatic heterocycles. The Labute approximate surface area is 105 Å². The van der Waals surface area contributed by atoms with Crippen molar-refractivity contribution < 1.29 is 14.6 Å². The van der Waals surface area contributed by atoms with Crippen molar-refractivity contribution in [1.29, 1.82) is 0 Å². The van der Waals surface area contributed by atoms with Crippen molar-refractivity contribution in [3.05, 3.63) is 59.4 Å². The van der Waals surface area contributed by atoms with Crippen LogP contribution in [0, 0.1) is 6.92 Å². The monoisotopic (exact) mass is 243 g/mol. The number of pyridine rings is 1. The molecule has 0 bridgehead atoms. The summed E-state index contributed by atoms with van der Waals surface area (Å²) in [5, 5.41) is 9.08. The first kappa shape index (κ1) is 12.1. The normalized spacial score (nSPS) is 10.1. The fourth-order valence-electron chi connectivity index (χ4n) is 1.63. The van der Waals surface area contributed by atoms with Crippen molar-refractivity contribution in [3.63, 3.8) is 0 Å². The summed E-state index contributed by atoms with van der Waals surface area (Å²) < 4.78 is 5.57. The Bertz CT molecular complexity index is 552. The Kier molecular flexibility index (Phi) is 3.57. The van der Waals surface area contributed by atoms with Gasteiger partial charge in [-0.25, -0.2) is 4.79 Å². The van der Waals surface area contributed by atoms with E-state index < -0.39 is 5.97 Å². The highest BCUT2D eigenvalue weighted by molar-refractivity contribution is 5.91. The standard InChI is InChI=1S/C14H13NO3/c1-10-13(12(14(16)17)7-8-15-10)18-9-11-5-3-2-4-6-11/h2-8H,9H2,1H3,(H,16,17). The summed E-state index contributed by atoms with van der Waals surface area (Å²) in [6.07, 6.45) is 1.47. The molecule has 0 aliphatic rings. The molecule has 2 rings (SSSR count). The highest BCUT2D eigenvalue weighted by atomic mass is 16.5. The summed E-state index contributed by atoms with van der Waals surface area (Å²) in [5.41, 5.74) is 1.70. The van der Waals surface area contributed by atoms with Gasteiger partial charge in [-0.15, -0.1) is 0 Å². The summed E-state index contributed by atoms with van der Waals surface area (Å²) >= 11 is 0. The van der Waals surface area contributed by atoms with Gasteiger partial charge < -0.3 is 9.84 Å². The molecule has 92 valence electrons. The van der Waals surface area contributed by atoms with E-state index in [1.807, 2.05) is 30.3 Å². The molecule has 0 spiro atoms. The Balaban J connectivity index is 2.21. The van der Waals surface area contributed by atoms with Crippen LogP contribution in [-0.4, -0.2) is 16.1 Å². The molecule has 2 aromatic rings.